The smallest absolute Gasteiger partial charge is 0.260 e. The quantitative estimate of drug-likeness (QED) is 0.668. The van der Waals surface area contributed by atoms with Crippen molar-refractivity contribution in [3.8, 4) is 5.75 Å². The molecule has 0 radical (unpaired) electrons. The highest BCUT2D eigenvalue weighted by Crippen LogP contribution is 2.26. The van der Waals surface area contributed by atoms with Gasteiger partial charge < -0.3 is 14.5 Å². The predicted molar refractivity (Wildman–Crippen MR) is 122 cm³/mol. The molecule has 31 heavy (non-hydrogen) atoms. The summed E-state index contributed by atoms with van der Waals surface area (Å²) in [5, 5.41) is 0. The van der Waals surface area contributed by atoms with E-state index < -0.39 is 0 Å². The second-order valence-electron chi connectivity index (χ2n) is 8.78. The number of carbonyl (C=O) groups excluding carboxylic acids is 2. The summed E-state index contributed by atoms with van der Waals surface area (Å²) >= 11 is 0. The van der Waals surface area contributed by atoms with Gasteiger partial charge in [0, 0.05) is 37.8 Å². The number of aryl methyl sites for hydroxylation is 2. The average molecular weight is 421 g/mol. The number of hydrogen-bond donors (Lipinski definition) is 0. The molecule has 2 aromatic rings. The summed E-state index contributed by atoms with van der Waals surface area (Å²) in [5.41, 5.74) is 3.55. The van der Waals surface area contributed by atoms with Gasteiger partial charge in [-0.05, 0) is 62.6 Å². The topological polar surface area (TPSA) is 49.9 Å². The van der Waals surface area contributed by atoms with Gasteiger partial charge in [-0.25, -0.2) is 0 Å². The van der Waals surface area contributed by atoms with E-state index in [-0.39, 0.29) is 18.4 Å². The van der Waals surface area contributed by atoms with Gasteiger partial charge in [-0.1, -0.05) is 35.9 Å². The Kier molecular flexibility index (Phi) is 6.90. The molecule has 0 atom stereocenters. The number of likely N-dealkylation sites (tertiary alicyclic amines) is 1. The Morgan fingerprint density at radius 3 is 2.55 bits per heavy atom. The Morgan fingerprint density at radius 1 is 1.06 bits per heavy atom. The van der Waals surface area contributed by atoms with Crippen LogP contribution in [-0.2, 0) is 16.0 Å². The lowest BCUT2D eigenvalue weighted by Gasteiger charge is -2.32. The zero-order valence-corrected chi connectivity index (χ0v) is 18.4. The third-order valence-corrected chi connectivity index (χ3v) is 6.49. The standard InChI is InChI=1S/C26H32N2O3/c1-20-7-9-21(10-8-20)11-12-22-13-16-27(17-14-22)26(30)19-31-24-5-2-4-23(18-24)28-15-3-6-25(28)29/h2,4-5,7-10,18,22H,3,6,11-17,19H2,1H3. The van der Waals surface area contributed by atoms with Crippen LogP contribution in [-0.4, -0.2) is 43.0 Å². The molecule has 2 fully saturated rings. The van der Waals surface area contributed by atoms with Crippen molar-refractivity contribution >= 4 is 17.5 Å². The first-order valence-electron chi connectivity index (χ1n) is 11.4. The maximum atomic E-state index is 12.6. The molecule has 2 heterocycles. The molecule has 5 nitrogen and oxygen atoms in total. The lowest BCUT2D eigenvalue weighted by Crippen LogP contribution is -2.41. The van der Waals surface area contributed by atoms with Crippen molar-refractivity contribution in [1.29, 1.82) is 0 Å². The molecule has 4 rings (SSSR count). The van der Waals surface area contributed by atoms with Gasteiger partial charge in [-0.2, -0.15) is 0 Å². The summed E-state index contributed by atoms with van der Waals surface area (Å²) in [6.45, 7) is 4.53. The van der Waals surface area contributed by atoms with Gasteiger partial charge in [0.25, 0.3) is 5.91 Å². The van der Waals surface area contributed by atoms with Crippen LogP contribution in [0.25, 0.3) is 0 Å². The molecule has 2 aromatic carbocycles. The van der Waals surface area contributed by atoms with E-state index in [0.717, 1.165) is 51.0 Å². The van der Waals surface area contributed by atoms with E-state index in [0.29, 0.717) is 18.1 Å². The molecule has 0 aliphatic carbocycles. The van der Waals surface area contributed by atoms with Crippen LogP contribution in [0.15, 0.2) is 48.5 Å². The molecule has 0 unspecified atom stereocenters. The van der Waals surface area contributed by atoms with E-state index in [1.165, 1.54) is 17.5 Å². The molecule has 2 saturated heterocycles. The predicted octanol–water partition coefficient (Wildman–Crippen LogP) is 4.37. The Hall–Kier alpha value is -2.82. The Morgan fingerprint density at radius 2 is 1.84 bits per heavy atom. The summed E-state index contributed by atoms with van der Waals surface area (Å²) in [5.74, 6) is 1.51. The van der Waals surface area contributed by atoms with Crippen LogP contribution in [0, 0.1) is 12.8 Å². The second kappa shape index (κ2) is 9.99. The second-order valence-corrected chi connectivity index (χ2v) is 8.78. The van der Waals surface area contributed by atoms with Crippen LogP contribution < -0.4 is 9.64 Å². The van der Waals surface area contributed by atoms with Crippen molar-refractivity contribution < 1.29 is 14.3 Å². The molecule has 2 amide bonds. The zero-order chi connectivity index (χ0) is 21.6. The van der Waals surface area contributed by atoms with Crippen molar-refractivity contribution in [2.45, 2.75) is 45.4 Å². The molecule has 2 aliphatic rings. The molecule has 0 spiro atoms. The van der Waals surface area contributed by atoms with E-state index in [9.17, 15) is 9.59 Å². The van der Waals surface area contributed by atoms with Crippen LogP contribution in [0.1, 0.15) is 43.2 Å². The first-order chi connectivity index (χ1) is 15.1. The highest BCUT2D eigenvalue weighted by molar-refractivity contribution is 5.95. The van der Waals surface area contributed by atoms with Crippen LogP contribution >= 0.6 is 0 Å². The normalized spacial score (nSPS) is 17.3. The van der Waals surface area contributed by atoms with E-state index >= 15 is 0 Å². The van der Waals surface area contributed by atoms with E-state index in [1.807, 2.05) is 29.2 Å². The summed E-state index contributed by atoms with van der Waals surface area (Å²) in [4.78, 5) is 28.3. The van der Waals surface area contributed by atoms with Gasteiger partial charge in [0.05, 0.1) is 0 Å². The fourth-order valence-corrected chi connectivity index (χ4v) is 4.50. The fourth-order valence-electron chi connectivity index (χ4n) is 4.50. The number of benzene rings is 2. The van der Waals surface area contributed by atoms with Crippen molar-refractivity contribution in [2.24, 2.45) is 5.92 Å². The fraction of sp³-hybridized carbons (Fsp3) is 0.462. The Labute approximate surface area is 185 Å². The zero-order valence-electron chi connectivity index (χ0n) is 18.4. The minimum absolute atomic E-state index is 0.0413. The molecule has 5 heteroatoms. The maximum Gasteiger partial charge on any atom is 0.260 e. The molecule has 0 N–H and O–H groups in total. The van der Waals surface area contributed by atoms with Crippen molar-refractivity contribution in [3.05, 3.63) is 59.7 Å². The Bertz CT molecular complexity index is 901. The summed E-state index contributed by atoms with van der Waals surface area (Å²) in [6.07, 6.45) is 5.91. The molecule has 0 saturated carbocycles. The molecular formula is C26H32N2O3. The largest absolute Gasteiger partial charge is 0.484 e. The van der Waals surface area contributed by atoms with Crippen molar-refractivity contribution in [3.63, 3.8) is 0 Å². The van der Waals surface area contributed by atoms with Gasteiger partial charge in [0.15, 0.2) is 6.61 Å². The van der Waals surface area contributed by atoms with Crippen molar-refractivity contribution in [1.82, 2.24) is 4.90 Å². The highest BCUT2D eigenvalue weighted by Gasteiger charge is 2.24. The maximum absolute atomic E-state index is 12.6. The third kappa shape index (κ3) is 5.66. The minimum Gasteiger partial charge on any atom is -0.484 e. The molecule has 164 valence electrons. The van der Waals surface area contributed by atoms with Gasteiger partial charge in [-0.15, -0.1) is 0 Å². The first kappa shape index (κ1) is 21.4. The van der Waals surface area contributed by atoms with E-state index in [2.05, 4.69) is 31.2 Å². The van der Waals surface area contributed by atoms with Crippen LogP contribution in [0.2, 0.25) is 0 Å². The number of rotatable bonds is 7. The SMILES string of the molecule is Cc1ccc(CCC2CCN(C(=O)COc3cccc(N4CCCC4=O)c3)CC2)cc1. The lowest BCUT2D eigenvalue weighted by molar-refractivity contribution is -0.134. The Balaban J connectivity index is 1.20. The number of nitrogens with zero attached hydrogens (tertiary/aromatic N) is 2. The molecular weight excluding hydrogens is 388 g/mol. The first-order valence-corrected chi connectivity index (χ1v) is 11.4. The number of anilines is 1. The summed E-state index contributed by atoms with van der Waals surface area (Å²) in [7, 11) is 0. The van der Waals surface area contributed by atoms with Gasteiger partial charge in [-0.3, -0.25) is 9.59 Å². The summed E-state index contributed by atoms with van der Waals surface area (Å²) in [6, 6.07) is 16.3. The van der Waals surface area contributed by atoms with E-state index in [4.69, 9.17) is 4.74 Å². The number of hydrogen-bond acceptors (Lipinski definition) is 3. The van der Waals surface area contributed by atoms with E-state index in [1.54, 1.807) is 4.90 Å². The molecule has 2 aliphatic heterocycles. The third-order valence-electron chi connectivity index (χ3n) is 6.49. The lowest BCUT2D eigenvalue weighted by atomic mass is 9.90. The number of carbonyl (C=O) groups is 2. The van der Waals surface area contributed by atoms with Crippen LogP contribution in [0.3, 0.4) is 0 Å². The monoisotopic (exact) mass is 420 g/mol. The number of piperidine rings is 1. The molecule has 0 aromatic heterocycles. The van der Waals surface area contributed by atoms with Crippen LogP contribution in [0.5, 0.6) is 5.75 Å². The highest BCUT2D eigenvalue weighted by atomic mass is 16.5. The van der Waals surface area contributed by atoms with Gasteiger partial charge in [0.1, 0.15) is 5.75 Å². The van der Waals surface area contributed by atoms with Crippen molar-refractivity contribution in [2.75, 3.05) is 31.1 Å². The minimum atomic E-state index is 0.0413. The number of amides is 2. The average Bonchev–Trinajstić information content (AvgIpc) is 3.23. The van der Waals surface area contributed by atoms with Crippen LogP contribution in [0.4, 0.5) is 5.69 Å². The van der Waals surface area contributed by atoms with Gasteiger partial charge >= 0.3 is 0 Å². The van der Waals surface area contributed by atoms with Gasteiger partial charge in [0.2, 0.25) is 5.91 Å². The molecule has 0 bridgehead atoms. The summed E-state index contributed by atoms with van der Waals surface area (Å²) < 4.78 is 5.77. The number of ether oxygens (including phenoxy) is 1.